The molecule has 0 aromatic carbocycles. The fourth-order valence-electron chi connectivity index (χ4n) is 1.39. The van der Waals surface area contributed by atoms with Crippen molar-refractivity contribution in [1.29, 1.82) is 0 Å². The molecule has 5 nitrogen and oxygen atoms in total. The predicted octanol–water partition coefficient (Wildman–Crippen LogP) is 3.74. The van der Waals surface area contributed by atoms with Crippen LogP contribution < -0.4 is 0 Å². The monoisotopic (exact) mass is 244 g/mol. The van der Waals surface area contributed by atoms with Crippen LogP contribution >= 0.6 is 0 Å². The van der Waals surface area contributed by atoms with Crippen molar-refractivity contribution in [3.8, 4) is 0 Å². The summed E-state index contributed by atoms with van der Waals surface area (Å²) >= 11 is 0. The van der Waals surface area contributed by atoms with Gasteiger partial charge in [-0.2, -0.15) is 5.11 Å². The minimum absolute atomic E-state index is 0.347. The second-order valence-corrected chi connectivity index (χ2v) is 3.59. The zero-order valence-corrected chi connectivity index (χ0v) is 10.4. The van der Waals surface area contributed by atoms with E-state index in [1.165, 1.54) is 0 Å². The second-order valence-electron chi connectivity index (χ2n) is 3.59. The summed E-state index contributed by atoms with van der Waals surface area (Å²) < 4.78 is 0. The van der Waals surface area contributed by atoms with E-state index in [4.69, 9.17) is 0 Å². The highest BCUT2D eigenvalue weighted by Gasteiger charge is 1.92. The Morgan fingerprint density at radius 3 is 3.00 bits per heavy atom. The molecule has 0 N–H and O–H groups in total. The molecular formula is C13H16N4O. The van der Waals surface area contributed by atoms with Crippen LogP contribution in [0.5, 0.6) is 0 Å². The third-order valence-electron chi connectivity index (χ3n) is 2.14. The van der Waals surface area contributed by atoms with Gasteiger partial charge in [0.1, 0.15) is 5.29 Å². The van der Waals surface area contributed by atoms with Crippen molar-refractivity contribution >= 4 is 6.08 Å². The SMILES string of the molecule is CCCc1cccc(/C=C/C=C/CN=NN=O)n1. The van der Waals surface area contributed by atoms with Crippen LogP contribution in [0.4, 0.5) is 0 Å². The van der Waals surface area contributed by atoms with E-state index in [0.29, 0.717) is 6.54 Å². The zero-order chi connectivity index (χ0) is 13.1. The maximum atomic E-state index is 9.61. The van der Waals surface area contributed by atoms with E-state index in [-0.39, 0.29) is 0 Å². The van der Waals surface area contributed by atoms with Gasteiger partial charge in [0.15, 0.2) is 0 Å². The molecule has 1 rings (SSSR count). The first-order chi connectivity index (χ1) is 8.86. The molecule has 5 heteroatoms. The average molecular weight is 244 g/mol. The highest BCUT2D eigenvalue weighted by Crippen LogP contribution is 2.04. The minimum atomic E-state index is 0.347. The number of hydrogen-bond acceptors (Lipinski definition) is 3. The van der Waals surface area contributed by atoms with Crippen molar-refractivity contribution < 1.29 is 0 Å². The lowest BCUT2D eigenvalue weighted by Gasteiger charge is -1.98. The number of nitroso groups, excluding NO2 is 1. The van der Waals surface area contributed by atoms with Crippen LogP contribution in [0.3, 0.4) is 0 Å². The number of aromatic nitrogens is 1. The molecule has 1 heterocycles. The summed E-state index contributed by atoms with van der Waals surface area (Å²) in [5, 5.41) is 8.72. The normalized spacial score (nSPS) is 11.8. The lowest BCUT2D eigenvalue weighted by molar-refractivity contribution is 0.880. The first kappa shape index (κ1) is 13.9. The van der Waals surface area contributed by atoms with Crippen LogP contribution in [0, 0.1) is 4.91 Å². The van der Waals surface area contributed by atoms with E-state index in [0.717, 1.165) is 24.2 Å². The third kappa shape index (κ3) is 5.79. The Bertz CT molecular complexity index is 452. The lowest BCUT2D eigenvalue weighted by Crippen LogP contribution is -1.90. The highest BCUT2D eigenvalue weighted by atomic mass is 16.3. The zero-order valence-electron chi connectivity index (χ0n) is 10.4. The highest BCUT2D eigenvalue weighted by molar-refractivity contribution is 5.46. The maximum absolute atomic E-state index is 9.61. The molecular weight excluding hydrogens is 228 g/mol. The maximum Gasteiger partial charge on any atom is 0.100 e. The molecule has 0 aliphatic heterocycles. The molecule has 94 valence electrons. The van der Waals surface area contributed by atoms with Gasteiger partial charge in [-0.15, -0.1) is 4.91 Å². The summed E-state index contributed by atoms with van der Waals surface area (Å²) in [5.74, 6) is 0. The molecule has 0 amide bonds. The van der Waals surface area contributed by atoms with Crippen molar-refractivity contribution in [2.45, 2.75) is 19.8 Å². The van der Waals surface area contributed by atoms with E-state index in [9.17, 15) is 4.91 Å². The molecule has 0 saturated heterocycles. The van der Waals surface area contributed by atoms with Gasteiger partial charge in [-0.05, 0) is 29.9 Å². The topological polar surface area (TPSA) is 67.0 Å². The number of pyridine rings is 1. The average Bonchev–Trinajstić information content (AvgIpc) is 2.39. The Balaban J connectivity index is 2.48. The van der Waals surface area contributed by atoms with Gasteiger partial charge in [0.2, 0.25) is 0 Å². The largest absolute Gasteiger partial charge is 0.253 e. The fraction of sp³-hybridized carbons (Fsp3) is 0.308. The van der Waals surface area contributed by atoms with Gasteiger partial charge >= 0.3 is 0 Å². The van der Waals surface area contributed by atoms with Gasteiger partial charge in [0, 0.05) is 5.69 Å². The molecule has 0 unspecified atom stereocenters. The summed E-state index contributed by atoms with van der Waals surface area (Å²) in [6, 6.07) is 5.99. The number of hydrogen-bond donors (Lipinski definition) is 0. The van der Waals surface area contributed by atoms with Gasteiger partial charge in [-0.3, -0.25) is 4.98 Å². The molecule has 0 radical (unpaired) electrons. The molecule has 0 saturated carbocycles. The van der Waals surface area contributed by atoms with Gasteiger partial charge in [0.25, 0.3) is 0 Å². The number of rotatable bonds is 7. The van der Waals surface area contributed by atoms with Crippen LogP contribution in [0.2, 0.25) is 0 Å². The van der Waals surface area contributed by atoms with Gasteiger partial charge < -0.3 is 0 Å². The summed E-state index contributed by atoms with van der Waals surface area (Å²) in [5.41, 5.74) is 2.04. The van der Waals surface area contributed by atoms with Gasteiger partial charge in [0.05, 0.1) is 12.2 Å². The van der Waals surface area contributed by atoms with Crippen LogP contribution in [0.1, 0.15) is 24.7 Å². The summed E-state index contributed by atoms with van der Waals surface area (Å²) in [4.78, 5) is 14.1. The summed E-state index contributed by atoms with van der Waals surface area (Å²) in [6.07, 6.45) is 9.50. The van der Waals surface area contributed by atoms with Crippen molar-refractivity contribution in [3.05, 3.63) is 52.7 Å². The summed E-state index contributed by atoms with van der Waals surface area (Å²) in [6.45, 7) is 2.48. The first-order valence-electron chi connectivity index (χ1n) is 5.85. The Kier molecular flexibility index (Phi) is 6.89. The minimum Gasteiger partial charge on any atom is -0.253 e. The second kappa shape index (κ2) is 8.92. The molecule has 0 spiro atoms. The van der Waals surface area contributed by atoms with Gasteiger partial charge in [-0.25, -0.2) is 0 Å². The molecule has 1 aromatic heterocycles. The fourth-order valence-corrected chi connectivity index (χ4v) is 1.39. The number of allylic oxidation sites excluding steroid dienone is 2. The standard InChI is InChI=1S/C13H16N4O/c1-2-7-12-9-6-10-13(15-12)8-4-3-5-11-14-16-17-18/h3-6,8-10H,2,7,11H2,1H3/b5-3+,8-4+,16-14?. The van der Waals surface area contributed by atoms with Crippen molar-refractivity contribution in [2.75, 3.05) is 6.54 Å². The van der Waals surface area contributed by atoms with E-state index >= 15 is 0 Å². The van der Waals surface area contributed by atoms with Crippen LogP contribution in [-0.4, -0.2) is 11.5 Å². The Morgan fingerprint density at radius 1 is 1.33 bits per heavy atom. The van der Waals surface area contributed by atoms with E-state index in [1.54, 1.807) is 6.08 Å². The smallest absolute Gasteiger partial charge is 0.100 e. The Hall–Kier alpha value is -2.17. The van der Waals surface area contributed by atoms with Crippen molar-refractivity contribution in [2.24, 2.45) is 15.6 Å². The molecule has 0 atom stereocenters. The number of nitrogens with zero attached hydrogens (tertiary/aromatic N) is 4. The van der Waals surface area contributed by atoms with Crippen molar-refractivity contribution in [3.63, 3.8) is 0 Å². The van der Waals surface area contributed by atoms with Gasteiger partial charge in [-0.1, -0.05) is 37.6 Å². The molecule has 18 heavy (non-hydrogen) atoms. The molecule has 0 bridgehead atoms. The predicted molar refractivity (Wildman–Crippen MR) is 71.9 cm³/mol. The van der Waals surface area contributed by atoms with Crippen LogP contribution in [0.15, 0.2) is 52.1 Å². The van der Waals surface area contributed by atoms with Crippen molar-refractivity contribution in [1.82, 2.24) is 4.98 Å². The number of aryl methyl sites for hydroxylation is 1. The third-order valence-corrected chi connectivity index (χ3v) is 2.14. The summed E-state index contributed by atoms with van der Waals surface area (Å²) in [7, 11) is 0. The van der Waals surface area contributed by atoms with E-state index in [2.05, 4.69) is 27.5 Å². The Morgan fingerprint density at radius 2 is 2.22 bits per heavy atom. The van der Waals surface area contributed by atoms with Crippen LogP contribution in [0.25, 0.3) is 6.08 Å². The first-order valence-corrected chi connectivity index (χ1v) is 5.85. The molecule has 0 fully saturated rings. The van der Waals surface area contributed by atoms with Crippen LogP contribution in [-0.2, 0) is 6.42 Å². The van der Waals surface area contributed by atoms with E-state index < -0.39 is 0 Å². The quantitative estimate of drug-likeness (QED) is 0.317. The lowest BCUT2D eigenvalue weighted by atomic mass is 10.2. The molecule has 1 aromatic rings. The van der Waals surface area contributed by atoms with E-state index in [1.807, 2.05) is 36.4 Å². The molecule has 0 aliphatic carbocycles. The Labute approximate surface area is 106 Å². The molecule has 0 aliphatic rings.